The van der Waals surface area contributed by atoms with Crippen LogP contribution in [-0.4, -0.2) is 15.3 Å². The summed E-state index contributed by atoms with van der Waals surface area (Å²) in [5, 5.41) is 5.33. The number of hydrogen-bond acceptors (Lipinski definition) is 5. The molecule has 0 saturated heterocycles. The molecular formula is C15H13N3OS2. The average Bonchev–Trinajstić information content (AvgIpc) is 3.20. The molecule has 2 aromatic heterocycles. The van der Waals surface area contributed by atoms with Crippen LogP contribution in [0.4, 0.5) is 0 Å². The normalized spacial score (nSPS) is 12.0. The van der Waals surface area contributed by atoms with Crippen molar-refractivity contribution < 1.29 is 4.79 Å². The van der Waals surface area contributed by atoms with Gasteiger partial charge >= 0.3 is 0 Å². The summed E-state index contributed by atoms with van der Waals surface area (Å²) in [6.45, 7) is 1.96. The largest absolute Gasteiger partial charge is 0.343 e. The fourth-order valence-corrected chi connectivity index (χ4v) is 3.21. The summed E-state index contributed by atoms with van der Waals surface area (Å²) in [5.41, 5.74) is 0.916. The van der Waals surface area contributed by atoms with Crippen molar-refractivity contribution in [2.24, 2.45) is 0 Å². The van der Waals surface area contributed by atoms with E-state index in [9.17, 15) is 4.79 Å². The van der Waals surface area contributed by atoms with Crippen molar-refractivity contribution in [2.45, 2.75) is 13.0 Å². The summed E-state index contributed by atoms with van der Waals surface area (Å²) in [7, 11) is 0. The van der Waals surface area contributed by atoms with E-state index < -0.39 is 0 Å². The minimum Gasteiger partial charge on any atom is -0.343 e. The summed E-state index contributed by atoms with van der Waals surface area (Å²) in [6.07, 6.45) is 0. The Morgan fingerprint density at radius 2 is 2.00 bits per heavy atom. The average molecular weight is 315 g/mol. The zero-order valence-electron chi connectivity index (χ0n) is 11.3. The number of benzene rings is 1. The molecule has 3 rings (SSSR count). The van der Waals surface area contributed by atoms with Gasteiger partial charge in [-0.15, -0.1) is 11.3 Å². The molecule has 0 fully saturated rings. The van der Waals surface area contributed by atoms with E-state index >= 15 is 0 Å². The number of carbonyl (C=O) groups excluding carboxylic acids is 1. The maximum absolute atomic E-state index is 12.2. The van der Waals surface area contributed by atoms with E-state index in [1.807, 2.05) is 54.8 Å². The van der Waals surface area contributed by atoms with E-state index in [4.69, 9.17) is 0 Å². The molecule has 106 valence electrons. The molecule has 0 aliphatic rings. The Hall–Kier alpha value is -2.05. The molecule has 3 aromatic rings. The zero-order valence-corrected chi connectivity index (χ0v) is 12.9. The molecule has 0 saturated carbocycles. The van der Waals surface area contributed by atoms with Crippen molar-refractivity contribution in [3.63, 3.8) is 0 Å². The second-order valence-corrected chi connectivity index (χ2v) is 6.23. The Morgan fingerprint density at radius 1 is 1.19 bits per heavy atom. The van der Waals surface area contributed by atoms with Gasteiger partial charge in [0, 0.05) is 10.4 Å². The standard InChI is InChI=1S/C15H13N3OS2/c1-10(12-8-5-9-20-12)16-14(19)15-17-13(18-21-15)11-6-3-2-4-7-11/h2-10H,1H3,(H,16,19)/t10-/m1/s1. The van der Waals surface area contributed by atoms with Crippen LogP contribution in [0.15, 0.2) is 47.8 Å². The van der Waals surface area contributed by atoms with Gasteiger partial charge in [0.15, 0.2) is 5.82 Å². The van der Waals surface area contributed by atoms with E-state index in [0.29, 0.717) is 10.8 Å². The fraction of sp³-hybridized carbons (Fsp3) is 0.133. The highest BCUT2D eigenvalue weighted by Gasteiger charge is 2.16. The first-order chi connectivity index (χ1) is 10.2. The molecule has 0 aliphatic heterocycles. The third-order valence-corrected chi connectivity index (χ3v) is 4.74. The van der Waals surface area contributed by atoms with Gasteiger partial charge in [-0.05, 0) is 29.9 Å². The number of nitrogens with one attached hydrogen (secondary N) is 1. The molecule has 2 heterocycles. The van der Waals surface area contributed by atoms with Crippen molar-refractivity contribution in [3.05, 3.63) is 57.7 Å². The fourth-order valence-electron chi connectivity index (χ4n) is 1.89. The molecule has 0 bridgehead atoms. The van der Waals surface area contributed by atoms with Crippen molar-refractivity contribution in [1.82, 2.24) is 14.7 Å². The molecule has 1 N–H and O–H groups in total. The van der Waals surface area contributed by atoms with Gasteiger partial charge in [-0.2, -0.15) is 4.37 Å². The molecule has 4 nitrogen and oxygen atoms in total. The van der Waals surface area contributed by atoms with Crippen LogP contribution in [0.25, 0.3) is 11.4 Å². The number of aromatic nitrogens is 2. The minimum atomic E-state index is -0.185. The van der Waals surface area contributed by atoms with Gasteiger partial charge in [-0.25, -0.2) is 4.98 Å². The molecule has 0 unspecified atom stereocenters. The van der Waals surface area contributed by atoms with Crippen LogP contribution in [0.1, 0.15) is 27.6 Å². The molecule has 1 atom stereocenters. The van der Waals surface area contributed by atoms with Crippen molar-refractivity contribution in [3.8, 4) is 11.4 Å². The summed E-state index contributed by atoms with van der Waals surface area (Å²) >= 11 is 2.74. The maximum atomic E-state index is 12.2. The lowest BCUT2D eigenvalue weighted by atomic mass is 10.2. The van der Waals surface area contributed by atoms with Crippen molar-refractivity contribution >= 4 is 28.8 Å². The number of hydrogen-bond donors (Lipinski definition) is 1. The van der Waals surface area contributed by atoms with Crippen molar-refractivity contribution in [1.29, 1.82) is 0 Å². The number of nitrogens with zero attached hydrogens (tertiary/aromatic N) is 2. The van der Waals surface area contributed by atoms with Crippen molar-refractivity contribution in [2.75, 3.05) is 0 Å². The van der Waals surface area contributed by atoms with Crippen LogP contribution in [-0.2, 0) is 0 Å². The number of carbonyl (C=O) groups is 1. The second-order valence-electron chi connectivity index (χ2n) is 4.50. The Kier molecular flexibility index (Phi) is 4.08. The Morgan fingerprint density at radius 3 is 2.71 bits per heavy atom. The Labute approximate surface area is 130 Å². The predicted octanol–water partition coefficient (Wildman–Crippen LogP) is 3.76. The lowest BCUT2D eigenvalue weighted by Crippen LogP contribution is -2.25. The van der Waals surface area contributed by atoms with Gasteiger partial charge in [-0.3, -0.25) is 4.79 Å². The van der Waals surface area contributed by atoms with Gasteiger partial charge in [-0.1, -0.05) is 36.4 Å². The summed E-state index contributed by atoms with van der Waals surface area (Å²) in [5.74, 6) is 0.408. The lowest BCUT2D eigenvalue weighted by molar-refractivity contribution is 0.0940. The van der Waals surface area contributed by atoms with E-state index in [2.05, 4.69) is 14.7 Å². The van der Waals surface area contributed by atoms with E-state index in [1.165, 1.54) is 0 Å². The van der Waals surface area contributed by atoms with Crippen LogP contribution in [0.5, 0.6) is 0 Å². The zero-order chi connectivity index (χ0) is 14.7. The molecular weight excluding hydrogens is 302 g/mol. The van der Waals surface area contributed by atoms with Gasteiger partial charge in [0.2, 0.25) is 5.01 Å². The molecule has 0 radical (unpaired) electrons. The number of rotatable bonds is 4. The maximum Gasteiger partial charge on any atom is 0.282 e. The monoisotopic (exact) mass is 315 g/mol. The second kappa shape index (κ2) is 6.15. The predicted molar refractivity (Wildman–Crippen MR) is 85.5 cm³/mol. The third-order valence-electron chi connectivity index (χ3n) is 2.97. The van der Waals surface area contributed by atoms with Crippen LogP contribution in [0.3, 0.4) is 0 Å². The van der Waals surface area contributed by atoms with E-state index in [-0.39, 0.29) is 11.9 Å². The topological polar surface area (TPSA) is 54.9 Å². The molecule has 21 heavy (non-hydrogen) atoms. The molecule has 6 heteroatoms. The highest BCUT2D eigenvalue weighted by Crippen LogP contribution is 2.20. The summed E-state index contributed by atoms with van der Waals surface area (Å²) in [6, 6.07) is 13.6. The van der Waals surface area contributed by atoms with Crippen LogP contribution in [0, 0.1) is 0 Å². The first-order valence-electron chi connectivity index (χ1n) is 6.47. The quantitative estimate of drug-likeness (QED) is 0.797. The van der Waals surface area contributed by atoms with Crippen LogP contribution < -0.4 is 5.32 Å². The lowest BCUT2D eigenvalue weighted by Gasteiger charge is -2.10. The minimum absolute atomic E-state index is 0.0263. The van der Waals surface area contributed by atoms with Gasteiger partial charge in [0.1, 0.15) is 0 Å². The highest BCUT2D eigenvalue weighted by molar-refractivity contribution is 7.10. The smallest absolute Gasteiger partial charge is 0.282 e. The SMILES string of the molecule is C[C@@H](NC(=O)c1nc(-c2ccccc2)ns1)c1cccs1. The molecule has 1 aromatic carbocycles. The van der Waals surface area contributed by atoms with Gasteiger partial charge in [0.25, 0.3) is 5.91 Å². The Bertz CT molecular complexity index is 722. The first kappa shape index (κ1) is 13.9. The van der Waals surface area contributed by atoms with E-state index in [0.717, 1.165) is 22.0 Å². The van der Waals surface area contributed by atoms with Gasteiger partial charge in [0.05, 0.1) is 6.04 Å². The molecule has 1 amide bonds. The number of amides is 1. The van der Waals surface area contributed by atoms with Gasteiger partial charge < -0.3 is 5.32 Å². The summed E-state index contributed by atoms with van der Waals surface area (Å²) in [4.78, 5) is 17.6. The first-order valence-corrected chi connectivity index (χ1v) is 8.13. The molecule has 0 spiro atoms. The van der Waals surface area contributed by atoms with Crippen LogP contribution in [0.2, 0.25) is 0 Å². The highest BCUT2D eigenvalue weighted by atomic mass is 32.1. The molecule has 0 aliphatic carbocycles. The number of thiophene rings is 1. The van der Waals surface area contributed by atoms with Crippen LogP contribution >= 0.6 is 22.9 Å². The third kappa shape index (κ3) is 3.17. The van der Waals surface area contributed by atoms with E-state index in [1.54, 1.807) is 11.3 Å². The summed E-state index contributed by atoms with van der Waals surface area (Å²) < 4.78 is 4.25. The Balaban J connectivity index is 1.73.